The molecule has 2 rings (SSSR count). The molecule has 1 N–H and O–H groups in total. The molecule has 0 aliphatic heterocycles. The van der Waals surface area contributed by atoms with E-state index in [2.05, 4.69) is 54.9 Å². The van der Waals surface area contributed by atoms with Crippen molar-refractivity contribution in [3.05, 3.63) is 30.1 Å². The van der Waals surface area contributed by atoms with E-state index < -0.39 is 0 Å². The Morgan fingerprint density at radius 2 is 1.95 bits per heavy atom. The maximum absolute atomic E-state index is 4.86. The molecule has 0 spiro atoms. The van der Waals surface area contributed by atoms with Gasteiger partial charge in [0.05, 0.1) is 11.0 Å². The Morgan fingerprint density at radius 1 is 1.20 bits per heavy atom. The van der Waals surface area contributed by atoms with Crippen molar-refractivity contribution in [2.75, 3.05) is 13.6 Å². The lowest BCUT2D eigenvalue weighted by Gasteiger charge is -2.19. The molecule has 110 valence electrons. The molecule has 3 nitrogen and oxygen atoms in total. The van der Waals surface area contributed by atoms with Crippen molar-refractivity contribution >= 4 is 11.0 Å². The normalized spacial score (nSPS) is 14.6. The molecule has 0 fully saturated rings. The van der Waals surface area contributed by atoms with Crippen molar-refractivity contribution in [1.82, 2.24) is 14.9 Å². The van der Waals surface area contributed by atoms with Crippen LogP contribution in [0.2, 0.25) is 0 Å². The van der Waals surface area contributed by atoms with Crippen LogP contribution in [-0.2, 0) is 13.0 Å². The van der Waals surface area contributed by atoms with Crippen LogP contribution in [0.4, 0.5) is 0 Å². The van der Waals surface area contributed by atoms with Crippen LogP contribution in [0.25, 0.3) is 11.0 Å². The molecule has 1 heterocycles. The van der Waals surface area contributed by atoms with Gasteiger partial charge < -0.3 is 9.88 Å². The number of fused-ring (bicyclic) bond motifs is 1. The molecule has 0 aliphatic carbocycles. The third kappa shape index (κ3) is 3.21. The van der Waals surface area contributed by atoms with Crippen LogP contribution in [0.5, 0.6) is 0 Å². The average molecular weight is 273 g/mol. The van der Waals surface area contributed by atoms with Gasteiger partial charge in [-0.15, -0.1) is 0 Å². The van der Waals surface area contributed by atoms with E-state index in [4.69, 9.17) is 4.98 Å². The summed E-state index contributed by atoms with van der Waals surface area (Å²) in [6, 6.07) is 8.48. The SMILES string of the molecule is CCCn1c(CC(C)C(C)CNC)nc2ccccc21. The zero-order chi connectivity index (χ0) is 14.5. The summed E-state index contributed by atoms with van der Waals surface area (Å²) in [5.41, 5.74) is 2.40. The number of aryl methyl sites for hydroxylation is 1. The first-order valence-corrected chi connectivity index (χ1v) is 7.76. The molecule has 0 saturated heterocycles. The number of benzene rings is 1. The zero-order valence-corrected chi connectivity index (χ0v) is 13.2. The van der Waals surface area contributed by atoms with E-state index >= 15 is 0 Å². The Labute approximate surface area is 122 Å². The fraction of sp³-hybridized carbons (Fsp3) is 0.588. The van der Waals surface area contributed by atoms with Crippen molar-refractivity contribution < 1.29 is 0 Å². The summed E-state index contributed by atoms with van der Waals surface area (Å²) in [5, 5.41) is 3.27. The molecular weight excluding hydrogens is 246 g/mol. The number of hydrogen-bond donors (Lipinski definition) is 1. The highest BCUT2D eigenvalue weighted by molar-refractivity contribution is 5.75. The molecule has 1 aromatic carbocycles. The van der Waals surface area contributed by atoms with E-state index in [0.717, 1.165) is 31.4 Å². The standard InChI is InChI=1S/C17H27N3/c1-5-10-20-16-9-7-6-8-15(16)19-17(20)11-13(2)14(3)12-18-4/h6-9,13-14,18H,5,10-12H2,1-4H3. The van der Waals surface area contributed by atoms with Crippen LogP contribution >= 0.6 is 0 Å². The monoisotopic (exact) mass is 273 g/mol. The summed E-state index contributed by atoms with van der Waals surface area (Å²) < 4.78 is 2.40. The molecule has 0 radical (unpaired) electrons. The summed E-state index contributed by atoms with van der Waals surface area (Å²) in [5.74, 6) is 2.54. The lowest BCUT2D eigenvalue weighted by atomic mass is 9.92. The van der Waals surface area contributed by atoms with Gasteiger partial charge in [-0.05, 0) is 44.0 Å². The van der Waals surface area contributed by atoms with Crippen molar-refractivity contribution in [2.45, 2.75) is 40.2 Å². The topological polar surface area (TPSA) is 29.9 Å². The third-order valence-electron chi connectivity index (χ3n) is 4.18. The molecule has 0 saturated carbocycles. The maximum Gasteiger partial charge on any atom is 0.110 e. The number of nitrogens with zero attached hydrogens (tertiary/aromatic N) is 2. The molecule has 2 atom stereocenters. The Hall–Kier alpha value is -1.35. The highest BCUT2D eigenvalue weighted by Crippen LogP contribution is 2.21. The minimum atomic E-state index is 0.634. The molecule has 1 aromatic heterocycles. The lowest BCUT2D eigenvalue weighted by Crippen LogP contribution is -2.24. The van der Waals surface area contributed by atoms with E-state index in [-0.39, 0.29) is 0 Å². The largest absolute Gasteiger partial charge is 0.328 e. The highest BCUT2D eigenvalue weighted by Gasteiger charge is 2.17. The predicted octanol–water partition coefficient (Wildman–Crippen LogP) is 3.48. The first kappa shape index (κ1) is 15.0. The Bertz CT molecular complexity index is 544. The molecule has 2 aromatic rings. The fourth-order valence-electron chi connectivity index (χ4n) is 2.77. The van der Waals surface area contributed by atoms with Crippen molar-refractivity contribution in [3.63, 3.8) is 0 Å². The molecule has 20 heavy (non-hydrogen) atoms. The maximum atomic E-state index is 4.86. The lowest BCUT2D eigenvalue weighted by molar-refractivity contribution is 0.364. The van der Waals surface area contributed by atoms with E-state index in [1.54, 1.807) is 0 Å². The van der Waals surface area contributed by atoms with E-state index in [9.17, 15) is 0 Å². The minimum absolute atomic E-state index is 0.634. The summed E-state index contributed by atoms with van der Waals surface area (Å²) in [6.07, 6.45) is 2.20. The number of rotatable bonds is 7. The molecular formula is C17H27N3. The first-order chi connectivity index (χ1) is 9.67. The summed E-state index contributed by atoms with van der Waals surface area (Å²) in [7, 11) is 2.02. The number of para-hydroxylation sites is 2. The van der Waals surface area contributed by atoms with Gasteiger partial charge in [-0.1, -0.05) is 32.9 Å². The summed E-state index contributed by atoms with van der Waals surface area (Å²) >= 11 is 0. The van der Waals surface area contributed by atoms with Crippen molar-refractivity contribution in [2.24, 2.45) is 11.8 Å². The average Bonchev–Trinajstić information content (AvgIpc) is 2.78. The zero-order valence-electron chi connectivity index (χ0n) is 13.2. The Morgan fingerprint density at radius 3 is 2.65 bits per heavy atom. The minimum Gasteiger partial charge on any atom is -0.328 e. The van der Waals surface area contributed by atoms with E-state index in [1.807, 2.05) is 7.05 Å². The third-order valence-corrected chi connectivity index (χ3v) is 4.18. The van der Waals surface area contributed by atoms with Gasteiger partial charge in [0.1, 0.15) is 5.82 Å². The molecule has 0 amide bonds. The molecule has 0 bridgehead atoms. The number of aromatic nitrogens is 2. The summed E-state index contributed by atoms with van der Waals surface area (Å²) in [4.78, 5) is 4.86. The predicted molar refractivity (Wildman–Crippen MR) is 86.0 cm³/mol. The van der Waals surface area contributed by atoms with E-state index in [1.165, 1.54) is 11.3 Å². The Balaban J connectivity index is 2.26. The van der Waals surface area contributed by atoms with Crippen LogP contribution in [0, 0.1) is 11.8 Å². The van der Waals surface area contributed by atoms with Crippen LogP contribution in [-0.4, -0.2) is 23.1 Å². The van der Waals surface area contributed by atoms with Crippen LogP contribution in [0.1, 0.15) is 33.0 Å². The van der Waals surface area contributed by atoms with Gasteiger partial charge in [-0.2, -0.15) is 0 Å². The molecule has 0 aliphatic rings. The quantitative estimate of drug-likeness (QED) is 0.837. The van der Waals surface area contributed by atoms with Crippen LogP contribution in [0.15, 0.2) is 24.3 Å². The second-order valence-corrected chi connectivity index (χ2v) is 5.88. The van der Waals surface area contributed by atoms with E-state index in [0.29, 0.717) is 11.8 Å². The number of nitrogens with one attached hydrogen (secondary N) is 1. The fourth-order valence-corrected chi connectivity index (χ4v) is 2.77. The van der Waals surface area contributed by atoms with Crippen molar-refractivity contribution in [1.29, 1.82) is 0 Å². The number of hydrogen-bond acceptors (Lipinski definition) is 2. The van der Waals surface area contributed by atoms with Crippen LogP contribution in [0.3, 0.4) is 0 Å². The van der Waals surface area contributed by atoms with Gasteiger partial charge in [0, 0.05) is 13.0 Å². The number of imidazole rings is 1. The van der Waals surface area contributed by atoms with Gasteiger partial charge in [0.2, 0.25) is 0 Å². The molecule has 3 heteroatoms. The highest BCUT2D eigenvalue weighted by atomic mass is 15.1. The van der Waals surface area contributed by atoms with Gasteiger partial charge in [0.25, 0.3) is 0 Å². The second kappa shape index (κ2) is 6.89. The molecule has 2 unspecified atom stereocenters. The van der Waals surface area contributed by atoms with Crippen molar-refractivity contribution in [3.8, 4) is 0 Å². The van der Waals surface area contributed by atoms with Gasteiger partial charge in [-0.25, -0.2) is 4.98 Å². The summed E-state index contributed by atoms with van der Waals surface area (Å²) in [6.45, 7) is 9.00. The first-order valence-electron chi connectivity index (χ1n) is 7.76. The van der Waals surface area contributed by atoms with Gasteiger partial charge in [0.15, 0.2) is 0 Å². The van der Waals surface area contributed by atoms with Gasteiger partial charge in [-0.3, -0.25) is 0 Å². The Kier molecular flexibility index (Phi) is 5.18. The second-order valence-electron chi connectivity index (χ2n) is 5.88. The van der Waals surface area contributed by atoms with Crippen LogP contribution < -0.4 is 5.32 Å². The van der Waals surface area contributed by atoms with Gasteiger partial charge >= 0.3 is 0 Å². The smallest absolute Gasteiger partial charge is 0.110 e.